The summed E-state index contributed by atoms with van der Waals surface area (Å²) >= 11 is 1.88. The molecular weight excluding hydrogens is 264 g/mol. The number of hydrogen-bond donors (Lipinski definition) is 3. The van der Waals surface area contributed by atoms with E-state index in [1.807, 2.05) is 18.7 Å². The van der Waals surface area contributed by atoms with Crippen molar-refractivity contribution in [2.24, 2.45) is 5.92 Å². The lowest BCUT2D eigenvalue weighted by molar-refractivity contribution is -0.137. The summed E-state index contributed by atoms with van der Waals surface area (Å²) < 4.78 is 0. The van der Waals surface area contributed by atoms with Crippen LogP contribution >= 0.6 is 11.8 Å². The Morgan fingerprint density at radius 3 is 2.89 bits per heavy atom. The van der Waals surface area contributed by atoms with Gasteiger partial charge in [0, 0.05) is 43.5 Å². The molecule has 1 fully saturated rings. The number of thioether (sulfide) groups is 1. The monoisotopic (exact) mass is 288 g/mol. The van der Waals surface area contributed by atoms with Crippen molar-refractivity contribution in [1.29, 1.82) is 0 Å². The number of nitrogens with one attached hydrogen (secondary N) is 2. The van der Waals surface area contributed by atoms with Gasteiger partial charge in [-0.3, -0.25) is 9.59 Å². The first kappa shape index (κ1) is 16.3. The van der Waals surface area contributed by atoms with Crippen LogP contribution in [-0.2, 0) is 9.59 Å². The molecule has 2 unspecified atom stereocenters. The Balaban J connectivity index is 2.04. The van der Waals surface area contributed by atoms with Crippen LogP contribution in [0.3, 0.4) is 0 Å². The quantitative estimate of drug-likeness (QED) is 0.623. The Morgan fingerprint density at radius 2 is 2.26 bits per heavy atom. The molecular formula is C13H24N2O3S. The van der Waals surface area contributed by atoms with Crippen LogP contribution in [0.15, 0.2) is 0 Å². The van der Waals surface area contributed by atoms with E-state index >= 15 is 0 Å². The minimum Gasteiger partial charge on any atom is -0.481 e. The van der Waals surface area contributed by atoms with Gasteiger partial charge in [-0.05, 0) is 18.8 Å². The summed E-state index contributed by atoms with van der Waals surface area (Å²) in [7, 11) is 0. The highest BCUT2D eigenvalue weighted by atomic mass is 32.2. The molecule has 3 N–H and O–H groups in total. The van der Waals surface area contributed by atoms with Gasteiger partial charge in [-0.15, -0.1) is 0 Å². The highest BCUT2D eigenvalue weighted by molar-refractivity contribution is 7.99. The van der Waals surface area contributed by atoms with Crippen LogP contribution in [0.25, 0.3) is 0 Å². The largest absolute Gasteiger partial charge is 0.481 e. The second-order valence-electron chi connectivity index (χ2n) is 5.11. The molecule has 1 amide bonds. The SMILES string of the molecule is CC(CCNC(=O)CC1CSCCN1)CCC(=O)O. The highest BCUT2D eigenvalue weighted by Gasteiger charge is 2.16. The number of rotatable bonds is 8. The van der Waals surface area contributed by atoms with E-state index in [4.69, 9.17) is 5.11 Å². The Hall–Kier alpha value is -0.750. The minimum absolute atomic E-state index is 0.0884. The molecule has 110 valence electrons. The fourth-order valence-electron chi connectivity index (χ4n) is 2.02. The number of amides is 1. The summed E-state index contributed by atoms with van der Waals surface area (Å²) in [5.74, 6) is 1.80. The summed E-state index contributed by atoms with van der Waals surface area (Å²) in [5.41, 5.74) is 0. The van der Waals surface area contributed by atoms with Crippen LogP contribution in [-0.4, -0.2) is 47.6 Å². The molecule has 1 heterocycles. The van der Waals surface area contributed by atoms with Crippen LogP contribution in [0.1, 0.15) is 32.6 Å². The molecule has 0 aromatic heterocycles. The number of hydrogen-bond acceptors (Lipinski definition) is 4. The molecule has 0 aromatic carbocycles. The Kier molecular flexibility index (Phi) is 7.90. The van der Waals surface area contributed by atoms with Gasteiger partial charge >= 0.3 is 5.97 Å². The second kappa shape index (κ2) is 9.20. The number of carboxylic acids is 1. The maximum atomic E-state index is 11.7. The Bertz CT molecular complexity index is 294. The molecule has 1 saturated heterocycles. The van der Waals surface area contributed by atoms with Gasteiger partial charge in [-0.2, -0.15) is 11.8 Å². The van der Waals surface area contributed by atoms with E-state index in [-0.39, 0.29) is 12.3 Å². The molecule has 5 nitrogen and oxygen atoms in total. The smallest absolute Gasteiger partial charge is 0.303 e. The van der Waals surface area contributed by atoms with Crippen LogP contribution in [0.5, 0.6) is 0 Å². The molecule has 1 aliphatic rings. The number of carbonyl (C=O) groups excluding carboxylic acids is 1. The molecule has 1 rings (SSSR count). The fourth-order valence-corrected chi connectivity index (χ4v) is 2.97. The predicted octanol–water partition coefficient (Wildman–Crippen LogP) is 1.09. The molecule has 0 spiro atoms. The van der Waals surface area contributed by atoms with Gasteiger partial charge in [-0.25, -0.2) is 0 Å². The number of carboxylic acid groups (broad SMARTS) is 1. The van der Waals surface area contributed by atoms with Crippen LogP contribution in [0.2, 0.25) is 0 Å². The standard InChI is InChI=1S/C13H24N2O3S/c1-10(2-3-13(17)18)4-5-15-12(16)8-11-9-19-7-6-14-11/h10-11,14H,2-9H2,1H3,(H,15,16)(H,17,18). The highest BCUT2D eigenvalue weighted by Crippen LogP contribution is 2.11. The molecule has 0 bridgehead atoms. The number of aliphatic carboxylic acids is 1. The van der Waals surface area contributed by atoms with E-state index < -0.39 is 5.97 Å². The first-order chi connectivity index (χ1) is 9.08. The Morgan fingerprint density at radius 1 is 1.47 bits per heavy atom. The van der Waals surface area contributed by atoms with Gasteiger partial charge in [0.25, 0.3) is 0 Å². The first-order valence-electron chi connectivity index (χ1n) is 6.87. The zero-order valence-corrected chi connectivity index (χ0v) is 12.3. The molecule has 0 radical (unpaired) electrons. The first-order valence-corrected chi connectivity index (χ1v) is 8.03. The fraction of sp³-hybridized carbons (Fsp3) is 0.846. The molecule has 6 heteroatoms. The second-order valence-corrected chi connectivity index (χ2v) is 6.26. The lowest BCUT2D eigenvalue weighted by atomic mass is 10.0. The van der Waals surface area contributed by atoms with Crippen molar-refractivity contribution in [3.63, 3.8) is 0 Å². The van der Waals surface area contributed by atoms with Gasteiger partial charge in [0.2, 0.25) is 5.91 Å². The third-order valence-electron chi connectivity index (χ3n) is 3.24. The van der Waals surface area contributed by atoms with E-state index in [0.29, 0.717) is 31.3 Å². The van der Waals surface area contributed by atoms with Gasteiger partial charge < -0.3 is 15.7 Å². The summed E-state index contributed by atoms with van der Waals surface area (Å²) in [6.45, 7) is 3.64. The molecule has 1 aliphatic heterocycles. The Labute approximate surface area is 118 Å². The summed E-state index contributed by atoms with van der Waals surface area (Å²) in [6, 6.07) is 0.295. The minimum atomic E-state index is -0.753. The molecule has 0 aliphatic carbocycles. The van der Waals surface area contributed by atoms with E-state index in [1.165, 1.54) is 0 Å². The topological polar surface area (TPSA) is 78.4 Å². The van der Waals surface area contributed by atoms with Crippen LogP contribution in [0, 0.1) is 5.92 Å². The zero-order chi connectivity index (χ0) is 14.1. The normalized spacial score (nSPS) is 20.8. The van der Waals surface area contributed by atoms with Crippen LogP contribution in [0.4, 0.5) is 0 Å². The van der Waals surface area contributed by atoms with Gasteiger partial charge in [0.15, 0.2) is 0 Å². The van der Waals surface area contributed by atoms with Gasteiger partial charge in [-0.1, -0.05) is 6.92 Å². The van der Waals surface area contributed by atoms with Gasteiger partial charge in [0.1, 0.15) is 0 Å². The van der Waals surface area contributed by atoms with Crippen molar-refractivity contribution in [2.75, 3.05) is 24.6 Å². The van der Waals surface area contributed by atoms with Crippen molar-refractivity contribution >= 4 is 23.6 Å². The van der Waals surface area contributed by atoms with Crippen molar-refractivity contribution in [1.82, 2.24) is 10.6 Å². The van der Waals surface area contributed by atoms with E-state index in [2.05, 4.69) is 10.6 Å². The molecule has 0 aromatic rings. The molecule has 0 saturated carbocycles. The maximum absolute atomic E-state index is 11.7. The average Bonchev–Trinajstić information content (AvgIpc) is 2.37. The van der Waals surface area contributed by atoms with Crippen LogP contribution < -0.4 is 10.6 Å². The van der Waals surface area contributed by atoms with Crippen molar-refractivity contribution in [2.45, 2.75) is 38.6 Å². The summed E-state index contributed by atoms with van der Waals surface area (Å²) in [4.78, 5) is 22.1. The lowest BCUT2D eigenvalue weighted by Gasteiger charge is -2.22. The average molecular weight is 288 g/mol. The zero-order valence-electron chi connectivity index (χ0n) is 11.5. The van der Waals surface area contributed by atoms with E-state index in [1.54, 1.807) is 0 Å². The van der Waals surface area contributed by atoms with E-state index in [0.717, 1.165) is 24.5 Å². The van der Waals surface area contributed by atoms with Crippen molar-refractivity contribution in [3.05, 3.63) is 0 Å². The molecule has 19 heavy (non-hydrogen) atoms. The van der Waals surface area contributed by atoms with Gasteiger partial charge in [0.05, 0.1) is 0 Å². The third kappa shape index (κ3) is 8.10. The number of carbonyl (C=O) groups is 2. The summed E-state index contributed by atoms with van der Waals surface area (Å²) in [5, 5.41) is 14.8. The third-order valence-corrected chi connectivity index (χ3v) is 4.37. The predicted molar refractivity (Wildman–Crippen MR) is 77.4 cm³/mol. The van der Waals surface area contributed by atoms with Crippen molar-refractivity contribution in [3.8, 4) is 0 Å². The van der Waals surface area contributed by atoms with E-state index in [9.17, 15) is 9.59 Å². The molecule has 2 atom stereocenters. The van der Waals surface area contributed by atoms with Crippen molar-refractivity contribution < 1.29 is 14.7 Å². The maximum Gasteiger partial charge on any atom is 0.303 e. The summed E-state index contributed by atoms with van der Waals surface area (Å²) in [6.07, 6.45) is 2.26. The lowest BCUT2D eigenvalue weighted by Crippen LogP contribution is -2.41.